The molecule has 3 nitrogen and oxygen atoms in total. The Labute approximate surface area is 115 Å². The molecule has 4 rings (SSSR count). The van der Waals surface area contributed by atoms with E-state index in [0.717, 1.165) is 39.7 Å². The van der Waals surface area contributed by atoms with Crippen molar-refractivity contribution in [3.8, 4) is 0 Å². The highest BCUT2D eigenvalue weighted by atomic mass is 32.2. The Bertz CT molecular complexity index is 741. The van der Waals surface area contributed by atoms with Gasteiger partial charge in [-0.3, -0.25) is 4.99 Å². The minimum absolute atomic E-state index is 0.865. The summed E-state index contributed by atoms with van der Waals surface area (Å²) in [5, 5.41) is 2.21. The standard InChI is InChI=1S/C15H12N2OS/c1-2-12-13(17-8-7-16-15(17)19-12)11-5-3-4-10-6-9-18-14(10)11/h2-6,9H,1,7-8H2. The number of thioether (sulfide) groups is 1. The molecule has 0 bridgehead atoms. The maximum absolute atomic E-state index is 5.66. The Morgan fingerprint density at radius 2 is 2.32 bits per heavy atom. The van der Waals surface area contributed by atoms with Gasteiger partial charge in [-0.15, -0.1) is 0 Å². The van der Waals surface area contributed by atoms with Crippen LogP contribution in [0, 0.1) is 0 Å². The van der Waals surface area contributed by atoms with Crippen LogP contribution in [-0.2, 0) is 0 Å². The largest absolute Gasteiger partial charge is 0.464 e. The lowest BCUT2D eigenvalue weighted by atomic mass is 10.1. The van der Waals surface area contributed by atoms with Gasteiger partial charge in [0.1, 0.15) is 5.58 Å². The number of fused-ring (bicyclic) bond motifs is 2. The van der Waals surface area contributed by atoms with Crippen LogP contribution in [0.1, 0.15) is 5.56 Å². The van der Waals surface area contributed by atoms with E-state index < -0.39 is 0 Å². The van der Waals surface area contributed by atoms with Crippen molar-refractivity contribution < 1.29 is 4.42 Å². The summed E-state index contributed by atoms with van der Waals surface area (Å²) in [5.74, 6) is 0. The Hall–Kier alpha value is -1.94. The van der Waals surface area contributed by atoms with Gasteiger partial charge in [-0.25, -0.2) is 0 Å². The van der Waals surface area contributed by atoms with Gasteiger partial charge in [0, 0.05) is 22.4 Å². The molecule has 0 N–H and O–H groups in total. The number of aliphatic imine (C=N–C) groups is 1. The quantitative estimate of drug-likeness (QED) is 0.831. The zero-order chi connectivity index (χ0) is 12.8. The van der Waals surface area contributed by atoms with E-state index in [0.29, 0.717) is 0 Å². The van der Waals surface area contributed by atoms with Crippen LogP contribution in [-0.4, -0.2) is 23.2 Å². The first kappa shape index (κ1) is 10.9. The molecule has 0 saturated heterocycles. The molecule has 0 saturated carbocycles. The molecule has 3 heterocycles. The number of nitrogens with zero attached hydrogens (tertiary/aromatic N) is 2. The second kappa shape index (κ2) is 4.03. The molecule has 4 heteroatoms. The topological polar surface area (TPSA) is 28.7 Å². The van der Waals surface area contributed by atoms with Gasteiger partial charge in [0.15, 0.2) is 5.17 Å². The first-order valence-corrected chi connectivity index (χ1v) is 7.03. The number of rotatable bonds is 2. The van der Waals surface area contributed by atoms with Crippen LogP contribution in [0.5, 0.6) is 0 Å². The summed E-state index contributed by atoms with van der Waals surface area (Å²) in [7, 11) is 0. The highest BCUT2D eigenvalue weighted by Crippen LogP contribution is 2.43. The van der Waals surface area contributed by atoms with E-state index in [1.54, 1.807) is 18.0 Å². The number of benzene rings is 1. The molecule has 0 radical (unpaired) electrons. The molecular weight excluding hydrogens is 256 g/mol. The van der Waals surface area contributed by atoms with Crippen molar-refractivity contribution >= 4 is 33.6 Å². The summed E-state index contributed by atoms with van der Waals surface area (Å²) in [5.41, 5.74) is 3.24. The van der Waals surface area contributed by atoms with E-state index >= 15 is 0 Å². The molecule has 19 heavy (non-hydrogen) atoms. The highest BCUT2D eigenvalue weighted by molar-refractivity contribution is 8.17. The normalized spacial score (nSPS) is 18.1. The van der Waals surface area contributed by atoms with Gasteiger partial charge in [-0.2, -0.15) is 0 Å². The number of amidine groups is 1. The average Bonchev–Trinajstić information content (AvgIpc) is 3.12. The van der Waals surface area contributed by atoms with Crippen LogP contribution in [0.3, 0.4) is 0 Å². The van der Waals surface area contributed by atoms with Crippen molar-refractivity contribution in [2.24, 2.45) is 4.99 Å². The minimum Gasteiger partial charge on any atom is -0.464 e. The highest BCUT2D eigenvalue weighted by Gasteiger charge is 2.32. The van der Waals surface area contributed by atoms with Crippen molar-refractivity contribution in [3.05, 3.63) is 53.7 Å². The molecular formula is C15H12N2OS. The number of hydrogen-bond donors (Lipinski definition) is 0. The summed E-state index contributed by atoms with van der Waals surface area (Å²) in [4.78, 5) is 7.94. The van der Waals surface area contributed by atoms with Crippen LogP contribution >= 0.6 is 11.8 Å². The smallest absolute Gasteiger partial charge is 0.168 e. The van der Waals surface area contributed by atoms with Gasteiger partial charge in [0.2, 0.25) is 0 Å². The molecule has 0 aliphatic carbocycles. The number of para-hydroxylation sites is 1. The number of allylic oxidation sites excluding steroid dienone is 1. The first-order valence-electron chi connectivity index (χ1n) is 6.21. The molecule has 1 aromatic heterocycles. The Morgan fingerprint density at radius 1 is 1.37 bits per heavy atom. The third-order valence-electron chi connectivity index (χ3n) is 3.43. The predicted molar refractivity (Wildman–Crippen MR) is 79.9 cm³/mol. The van der Waals surface area contributed by atoms with Crippen LogP contribution in [0.4, 0.5) is 0 Å². The molecule has 0 atom stereocenters. The second-order valence-corrected chi connectivity index (χ2v) is 5.49. The van der Waals surface area contributed by atoms with E-state index in [1.807, 2.05) is 12.1 Å². The molecule has 1 aromatic carbocycles. The fourth-order valence-electron chi connectivity index (χ4n) is 2.60. The summed E-state index contributed by atoms with van der Waals surface area (Å²) < 4.78 is 5.66. The Balaban J connectivity index is 1.97. The van der Waals surface area contributed by atoms with E-state index in [-0.39, 0.29) is 0 Å². The SMILES string of the molecule is C=CC1=C(c2cccc3ccoc23)N2CCN=C2S1. The van der Waals surface area contributed by atoms with Gasteiger partial charge in [0.25, 0.3) is 0 Å². The monoisotopic (exact) mass is 268 g/mol. The van der Waals surface area contributed by atoms with Crippen LogP contribution in [0.15, 0.2) is 57.5 Å². The third-order valence-corrected chi connectivity index (χ3v) is 4.54. The van der Waals surface area contributed by atoms with E-state index in [2.05, 4.69) is 34.7 Å². The van der Waals surface area contributed by atoms with E-state index in [4.69, 9.17) is 4.42 Å². The van der Waals surface area contributed by atoms with Gasteiger partial charge >= 0.3 is 0 Å². The minimum atomic E-state index is 0.865. The van der Waals surface area contributed by atoms with Crippen molar-refractivity contribution in [2.75, 3.05) is 13.1 Å². The van der Waals surface area contributed by atoms with Crippen molar-refractivity contribution in [3.63, 3.8) is 0 Å². The van der Waals surface area contributed by atoms with E-state index in [1.165, 1.54) is 5.70 Å². The molecule has 2 aromatic rings. The lowest BCUT2D eigenvalue weighted by Crippen LogP contribution is -2.20. The fraction of sp³-hybridized carbons (Fsp3) is 0.133. The van der Waals surface area contributed by atoms with Crippen molar-refractivity contribution in [1.29, 1.82) is 0 Å². The van der Waals surface area contributed by atoms with Gasteiger partial charge in [0.05, 0.1) is 18.5 Å². The third kappa shape index (κ3) is 1.50. The summed E-state index contributed by atoms with van der Waals surface area (Å²) in [6.07, 6.45) is 3.64. The maximum atomic E-state index is 5.66. The van der Waals surface area contributed by atoms with Crippen LogP contribution < -0.4 is 0 Å². The lowest BCUT2D eigenvalue weighted by molar-refractivity contribution is 0.608. The summed E-state index contributed by atoms with van der Waals surface area (Å²) >= 11 is 1.69. The zero-order valence-electron chi connectivity index (χ0n) is 10.3. The predicted octanol–water partition coefficient (Wildman–Crippen LogP) is 3.71. The fourth-order valence-corrected chi connectivity index (χ4v) is 3.64. The molecule has 0 spiro atoms. The van der Waals surface area contributed by atoms with E-state index in [9.17, 15) is 0 Å². The van der Waals surface area contributed by atoms with Crippen molar-refractivity contribution in [1.82, 2.24) is 4.90 Å². The zero-order valence-corrected chi connectivity index (χ0v) is 11.1. The second-order valence-electron chi connectivity index (χ2n) is 4.48. The van der Waals surface area contributed by atoms with Gasteiger partial charge in [-0.1, -0.05) is 24.8 Å². The molecule has 94 valence electrons. The molecule has 0 fully saturated rings. The van der Waals surface area contributed by atoms with Crippen molar-refractivity contribution in [2.45, 2.75) is 0 Å². The lowest BCUT2D eigenvalue weighted by Gasteiger charge is -2.17. The molecule has 2 aliphatic rings. The molecule has 2 aliphatic heterocycles. The average molecular weight is 268 g/mol. The van der Waals surface area contributed by atoms with Gasteiger partial charge in [-0.05, 0) is 23.9 Å². The summed E-state index contributed by atoms with van der Waals surface area (Å²) in [6.45, 7) is 5.72. The number of hydrogen-bond acceptors (Lipinski definition) is 4. The molecule has 0 amide bonds. The van der Waals surface area contributed by atoms with Crippen LogP contribution in [0.25, 0.3) is 16.7 Å². The molecule has 0 unspecified atom stereocenters. The summed E-state index contributed by atoms with van der Waals surface area (Å²) in [6, 6.07) is 8.23. The number of furan rings is 1. The van der Waals surface area contributed by atoms with Gasteiger partial charge < -0.3 is 9.32 Å². The maximum Gasteiger partial charge on any atom is 0.168 e. The first-order chi connectivity index (χ1) is 9.38. The Morgan fingerprint density at radius 3 is 3.21 bits per heavy atom. The van der Waals surface area contributed by atoms with Crippen LogP contribution in [0.2, 0.25) is 0 Å². The Kier molecular flexibility index (Phi) is 2.32.